The molecule has 2 aliphatic rings. The lowest BCUT2D eigenvalue weighted by Crippen LogP contribution is -2.53. The van der Waals surface area contributed by atoms with Crippen LogP contribution in [0.5, 0.6) is 0 Å². The van der Waals surface area contributed by atoms with Crippen LogP contribution in [0.25, 0.3) is 0 Å². The number of carbonyl (C=O) groups excluding carboxylic acids is 3. The van der Waals surface area contributed by atoms with Gasteiger partial charge in [0.05, 0.1) is 6.10 Å². The molecular formula is C21H34N2O5. The minimum absolute atomic E-state index is 0.0216. The monoisotopic (exact) mass is 394 g/mol. The molecular weight excluding hydrogens is 360 g/mol. The number of nitrogens with one attached hydrogen (secondary N) is 1. The Morgan fingerprint density at radius 3 is 2.50 bits per heavy atom. The summed E-state index contributed by atoms with van der Waals surface area (Å²) >= 11 is 0. The zero-order valence-corrected chi connectivity index (χ0v) is 18.1. The predicted octanol–water partition coefficient (Wildman–Crippen LogP) is 2.69. The summed E-state index contributed by atoms with van der Waals surface area (Å²) in [6, 6.07) is -1.32. The standard InChI is InChI=1S/C21H34N2O5/c1-12(2)8-14-10-23(17-16(24)11-27-18(14)17)19(25)15(9-13(3)4)22-20(26)28-21(5,6)7/h8,13-15,17-18H,9-11H2,1-7H3,(H,22,26)/t14-,15+,17-,18-/m1/s1. The molecule has 0 aromatic carbocycles. The van der Waals surface area contributed by atoms with Crippen molar-refractivity contribution >= 4 is 17.8 Å². The lowest BCUT2D eigenvalue weighted by atomic mass is 9.99. The van der Waals surface area contributed by atoms with E-state index in [-0.39, 0.29) is 36.2 Å². The van der Waals surface area contributed by atoms with E-state index in [2.05, 4.69) is 11.4 Å². The van der Waals surface area contributed by atoms with E-state index in [0.717, 1.165) is 5.57 Å². The molecule has 2 amide bonds. The number of rotatable bonds is 5. The van der Waals surface area contributed by atoms with Gasteiger partial charge < -0.3 is 19.7 Å². The Labute approximate surface area is 167 Å². The number of hydrogen-bond acceptors (Lipinski definition) is 5. The van der Waals surface area contributed by atoms with Gasteiger partial charge in [-0.1, -0.05) is 25.5 Å². The fourth-order valence-corrected chi connectivity index (χ4v) is 3.84. The van der Waals surface area contributed by atoms with Crippen LogP contribution in [-0.4, -0.2) is 59.6 Å². The number of allylic oxidation sites excluding steroid dienone is 1. The van der Waals surface area contributed by atoms with Crippen molar-refractivity contribution in [2.75, 3.05) is 13.2 Å². The third-order valence-electron chi connectivity index (χ3n) is 4.75. The van der Waals surface area contributed by atoms with E-state index in [0.29, 0.717) is 13.0 Å². The topological polar surface area (TPSA) is 84.9 Å². The van der Waals surface area contributed by atoms with E-state index in [4.69, 9.17) is 9.47 Å². The summed E-state index contributed by atoms with van der Waals surface area (Å²) in [4.78, 5) is 39.6. The summed E-state index contributed by atoms with van der Waals surface area (Å²) in [5.74, 6) is -0.167. The number of likely N-dealkylation sites (tertiary alicyclic amines) is 1. The van der Waals surface area contributed by atoms with Gasteiger partial charge in [-0.3, -0.25) is 9.59 Å². The van der Waals surface area contributed by atoms with Crippen molar-refractivity contribution in [1.82, 2.24) is 10.2 Å². The highest BCUT2D eigenvalue weighted by molar-refractivity contribution is 5.95. The Hall–Kier alpha value is -1.89. The fraction of sp³-hybridized carbons (Fsp3) is 0.762. The van der Waals surface area contributed by atoms with E-state index in [1.54, 1.807) is 25.7 Å². The van der Waals surface area contributed by atoms with Crippen LogP contribution < -0.4 is 5.32 Å². The van der Waals surface area contributed by atoms with Crippen LogP contribution in [-0.2, 0) is 19.1 Å². The second kappa shape index (κ2) is 8.64. The van der Waals surface area contributed by atoms with Crippen molar-refractivity contribution in [3.8, 4) is 0 Å². The minimum atomic E-state index is -0.741. The van der Waals surface area contributed by atoms with Gasteiger partial charge >= 0.3 is 6.09 Å². The molecule has 28 heavy (non-hydrogen) atoms. The van der Waals surface area contributed by atoms with E-state index in [9.17, 15) is 14.4 Å². The number of fused-ring (bicyclic) bond motifs is 1. The normalized spacial score (nSPS) is 25.5. The Morgan fingerprint density at radius 2 is 1.96 bits per heavy atom. The molecule has 0 radical (unpaired) electrons. The second-order valence-electron chi connectivity index (χ2n) is 9.41. The van der Waals surface area contributed by atoms with E-state index in [1.807, 2.05) is 27.7 Å². The zero-order valence-electron chi connectivity index (χ0n) is 18.1. The van der Waals surface area contributed by atoms with E-state index >= 15 is 0 Å². The van der Waals surface area contributed by atoms with Crippen LogP contribution in [0, 0.1) is 11.8 Å². The number of ketones is 1. The van der Waals surface area contributed by atoms with Gasteiger partial charge in [-0.05, 0) is 47.0 Å². The average Bonchev–Trinajstić information content (AvgIpc) is 3.05. The Balaban J connectivity index is 2.21. The van der Waals surface area contributed by atoms with Gasteiger partial charge in [0.1, 0.15) is 24.3 Å². The Bertz CT molecular complexity index is 646. The molecule has 0 spiro atoms. The molecule has 7 heteroatoms. The average molecular weight is 395 g/mol. The van der Waals surface area contributed by atoms with Crippen LogP contribution >= 0.6 is 0 Å². The van der Waals surface area contributed by atoms with Crippen LogP contribution in [0.15, 0.2) is 11.6 Å². The van der Waals surface area contributed by atoms with Gasteiger partial charge in [0.2, 0.25) is 5.91 Å². The largest absolute Gasteiger partial charge is 0.444 e. The maximum atomic E-state index is 13.3. The molecule has 7 nitrogen and oxygen atoms in total. The van der Waals surface area contributed by atoms with Crippen molar-refractivity contribution in [1.29, 1.82) is 0 Å². The third-order valence-corrected chi connectivity index (χ3v) is 4.75. The maximum Gasteiger partial charge on any atom is 0.408 e. The highest BCUT2D eigenvalue weighted by atomic mass is 16.6. The first-order chi connectivity index (χ1) is 12.9. The predicted molar refractivity (Wildman–Crippen MR) is 106 cm³/mol. The van der Waals surface area contributed by atoms with Crippen molar-refractivity contribution in [3.05, 3.63) is 11.6 Å². The molecule has 0 aromatic rings. The molecule has 1 N–H and O–H groups in total. The molecule has 0 aromatic heterocycles. The summed E-state index contributed by atoms with van der Waals surface area (Å²) in [5, 5.41) is 2.71. The molecule has 158 valence electrons. The van der Waals surface area contributed by atoms with Gasteiger partial charge in [0.15, 0.2) is 5.78 Å². The van der Waals surface area contributed by atoms with Crippen molar-refractivity contribution in [2.24, 2.45) is 11.8 Å². The molecule has 0 aliphatic carbocycles. The smallest absolute Gasteiger partial charge is 0.408 e. The van der Waals surface area contributed by atoms with E-state index in [1.165, 1.54) is 0 Å². The molecule has 0 unspecified atom stereocenters. The molecule has 0 bridgehead atoms. The quantitative estimate of drug-likeness (QED) is 0.725. The summed E-state index contributed by atoms with van der Waals surface area (Å²) in [6.45, 7) is 13.7. The first kappa shape index (κ1) is 22.4. The van der Waals surface area contributed by atoms with Gasteiger partial charge in [0.25, 0.3) is 0 Å². The molecule has 2 aliphatic heterocycles. The number of hydrogen-bond donors (Lipinski definition) is 1. The zero-order chi connectivity index (χ0) is 21.2. The summed E-state index contributed by atoms with van der Waals surface area (Å²) in [7, 11) is 0. The number of amides is 2. The minimum Gasteiger partial charge on any atom is -0.444 e. The van der Waals surface area contributed by atoms with Crippen molar-refractivity contribution in [2.45, 2.75) is 78.7 Å². The Kier molecular flexibility index (Phi) is 6.91. The van der Waals surface area contributed by atoms with Crippen LogP contribution in [0.4, 0.5) is 4.79 Å². The Morgan fingerprint density at radius 1 is 1.32 bits per heavy atom. The number of alkyl carbamates (subject to hydrolysis) is 1. The molecule has 4 atom stereocenters. The number of carbonyl (C=O) groups is 3. The van der Waals surface area contributed by atoms with Gasteiger partial charge in [-0.25, -0.2) is 4.79 Å². The molecule has 2 rings (SSSR count). The van der Waals surface area contributed by atoms with Gasteiger partial charge in [-0.2, -0.15) is 0 Å². The summed E-state index contributed by atoms with van der Waals surface area (Å²) < 4.78 is 11.0. The first-order valence-electron chi connectivity index (χ1n) is 9.98. The fourth-order valence-electron chi connectivity index (χ4n) is 3.84. The van der Waals surface area contributed by atoms with Crippen molar-refractivity contribution < 1.29 is 23.9 Å². The number of ether oxygens (including phenoxy) is 2. The lowest BCUT2D eigenvalue weighted by Gasteiger charge is -2.29. The van der Waals surface area contributed by atoms with E-state index < -0.39 is 23.8 Å². The number of nitrogens with zero attached hydrogens (tertiary/aromatic N) is 1. The molecule has 2 heterocycles. The summed E-state index contributed by atoms with van der Waals surface area (Å²) in [5.41, 5.74) is 0.463. The summed E-state index contributed by atoms with van der Waals surface area (Å²) in [6.07, 6.45) is 1.58. The molecule has 2 saturated heterocycles. The molecule has 0 saturated carbocycles. The number of Topliss-reactive ketones (excluding diaryl/α,β-unsaturated/α-hetero) is 1. The maximum absolute atomic E-state index is 13.3. The van der Waals surface area contributed by atoms with Gasteiger partial charge in [0, 0.05) is 12.5 Å². The van der Waals surface area contributed by atoms with Crippen LogP contribution in [0.2, 0.25) is 0 Å². The van der Waals surface area contributed by atoms with Crippen molar-refractivity contribution in [3.63, 3.8) is 0 Å². The second-order valence-corrected chi connectivity index (χ2v) is 9.41. The molecule has 2 fully saturated rings. The lowest BCUT2D eigenvalue weighted by molar-refractivity contribution is -0.138. The van der Waals surface area contributed by atoms with Crippen LogP contribution in [0.1, 0.15) is 54.9 Å². The third kappa shape index (κ3) is 5.56. The highest BCUT2D eigenvalue weighted by Crippen LogP contribution is 2.34. The SMILES string of the molecule is CC(C)=C[C@@H]1CN(C(=O)[C@H](CC(C)C)NC(=O)OC(C)(C)C)[C@@H]2C(=O)CO[C@H]12. The van der Waals surface area contributed by atoms with Crippen LogP contribution in [0.3, 0.4) is 0 Å². The first-order valence-corrected chi connectivity index (χ1v) is 9.98. The highest BCUT2D eigenvalue weighted by Gasteiger charge is 2.52. The van der Waals surface area contributed by atoms with Gasteiger partial charge in [-0.15, -0.1) is 0 Å².